The number of rotatable bonds is 2. The van der Waals surface area contributed by atoms with Crippen LogP contribution in [0.3, 0.4) is 0 Å². The number of nitrogens with zero attached hydrogens (tertiary/aromatic N) is 1. The molecule has 0 aliphatic rings. The Labute approximate surface area is 68.3 Å². The van der Waals surface area contributed by atoms with E-state index in [9.17, 15) is 8.42 Å². The van der Waals surface area contributed by atoms with Crippen molar-refractivity contribution in [1.82, 2.24) is 4.57 Å². The Hall–Kier alpha value is -0.810. The van der Waals surface area contributed by atoms with Crippen molar-refractivity contribution in [2.24, 2.45) is 0 Å². The summed E-state index contributed by atoms with van der Waals surface area (Å²) in [5.41, 5.74) is 0. The summed E-state index contributed by atoms with van der Waals surface area (Å²) < 4.78 is 22.6. The summed E-state index contributed by atoms with van der Waals surface area (Å²) in [6.07, 6.45) is 3.67. The number of aromatic nitrogens is 1. The standard InChI is InChI=1S/C5H5ClN2O2S/c6-11(9,10)5-1-2-8(3-5)4-7/h1-4,7H. The van der Waals surface area contributed by atoms with Gasteiger partial charge in [-0.05, 0) is 6.07 Å². The molecule has 1 heterocycles. The van der Waals surface area contributed by atoms with Crippen molar-refractivity contribution in [3.05, 3.63) is 18.5 Å². The van der Waals surface area contributed by atoms with Gasteiger partial charge in [-0.15, -0.1) is 0 Å². The summed E-state index contributed by atoms with van der Waals surface area (Å²) in [6.45, 7) is 0. The van der Waals surface area contributed by atoms with E-state index in [0.717, 1.165) is 6.34 Å². The first kappa shape index (κ1) is 8.29. The predicted molar refractivity (Wildman–Crippen MR) is 41.7 cm³/mol. The van der Waals surface area contributed by atoms with Crippen molar-refractivity contribution in [1.29, 1.82) is 5.41 Å². The van der Waals surface area contributed by atoms with E-state index in [1.165, 1.54) is 23.0 Å². The Morgan fingerprint density at radius 3 is 2.55 bits per heavy atom. The molecule has 0 aromatic carbocycles. The highest BCUT2D eigenvalue weighted by atomic mass is 35.7. The van der Waals surface area contributed by atoms with E-state index in [4.69, 9.17) is 16.1 Å². The Morgan fingerprint density at radius 1 is 1.64 bits per heavy atom. The van der Waals surface area contributed by atoms with E-state index < -0.39 is 9.05 Å². The van der Waals surface area contributed by atoms with Gasteiger partial charge in [-0.25, -0.2) is 8.42 Å². The molecule has 0 saturated carbocycles. The second-order valence-electron chi connectivity index (χ2n) is 1.86. The first-order chi connectivity index (χ1) is 5.04. The highest BCUT2D eigenvalue weighted by Crippen LogP contribution is 2.13. The van der Waals surface area contributed by atoms with Gasteiger partial charge in [0.15, 0.2) is 0 Å². The van der Waals surface area contributed by atoms with Crippen molar-refractivity contribution in [2.75, 3.05) is 0 Å². The molecule has 1 aromatic rings. The Morgan fingerprint density at radius 2 is 2.27 bits per heavy atom. The summed E-state index contributed by atoms with van der Waals surface area (Å²) in [5, 5.41) is 6.76. The van der Waals surface area contributed by atoms with Crippen molar-refractivity contribution in [3.63, 3.8) is 0 Å². The summed E-state index contributed by atoms with van der Waals surface area (Å²) in [6, 6.07) is 1.33. The molecule has 1 rings (SSSR count). The lowest BCUT2D eigenvalue weighted by atomic mass is 10.7. The molecule has 6 heteroatoms. The second kappa shape index (κ2) is 2.67. The predicted octanol–water partition coefficient (Wildman–Crippen LogP) is 0.871. The summed E-state index contributed by atoms with van der Waals surface area (Å²) in [4.78, 5) is 0.00247. The van der Waals surface area contributed by atoms with Crippen LogP contribution in [0.15, 0.2) is 23.4 Å². The molecule has 0 aliphatic carbocycles. The molecule has 0 unspecified atom stereocenters. The minimum atomic E-state index is -3.64. The van der Waals surface area contributed by atoms with Crippen LogP contribution in [-0.4, -0.2) is 19.3 Å². The van der Waals surface area contributed by atoms with Gasteiger partial charge in [-0.3, -0.25) is 5.41 Å². The topological polar surface area (TPSA) is 62.9 Å². The van der Waals surface area contributed by atoms with Gasteiger partial charge in [-0.1, -0.05) is 0 Å². The van der Waals surface area contributed by atoms with Crippen LogP contribution in [0.4, 0.5) is 0 Å². The maximum absolute atomic E-state index is 10.6. The van der Waals surface area contributed by atoms with Crippen molar-refractivity contribution >= 4 is 26.1 Å². The van der Waals surface area contributed by atoms with Gasteiger partial charge >= 0.3 is 0 Å². The van der Waals surface area contributed by atoms with Gasteiger partial charge in [-0.2, -0.15) is 0 Å². The van der Waals surface area contributed by atoms with Crippen molar-refractivity contribution in [2.45, 2.75) is 4.90 Å². The molecule has 60 valence electrons. The molecule has 0 saturated heterocycles. The third-order valence-corrected chi connectivity index (χ3v) is 2.46. The molecule has 0 fully saturated rings. The third kappa shape index (κ3) is 1.81. The van der Waals surface area contributed by atoms with Crippen LogP contribution in [0.1, 0.15) is 0 Å². The van der Waals surface area contributed by atoms with Crippen molar-refractivity contribution < 1.29 is 8.42 Å². The fourth-order valence-corrected chi connectivity index (χ4v) is 1.36. The molecule has 1 N–H and O–H groups in total. The summed E-state index contributed by atoms with van der Waals surface area (Å²) in [5.74, 6) is 0. The fourth-order valence-electron chi connectivity index (χ4n) is 0.617. The minimum Gasteiger partial charge on any atom is -0.314 e. The quantitative estimate of drug-likeness (QED) is 0.429. The van der Waals surface area contributed by atoms with Gasteiger partial charge in [0.05, 0.1) is 6.34 Å². The van der Waals surface area contributed by atoms with Gasteiger partial charge in [0.25, 0.3) is 9.05 Å². The number of hydrogen-bond donors (Lipinski definition) is 1. The van der Waals surface area contributed by atoms with Gasteiger partial charge in [0, 0.05) is 23.1 Å². The molecule has 4 nitrogen and oxygen atoms in total. The zero-order chi connectivity index (χ0) is 8.48. The zero-order valence-electron chi connectivity index (χ0n) is 5.36. The van der Waals surface area contributed by atoms with E-state index in [1.54, 1.807) is 0 Å². The molecule has 0 atom stereocenters. The van der Waals surface area contributed by atoms with Crippen LogP contribution in [0.5, 0.6) is 0 Å². The second-order valence-corrected chi connectivity index (χ2v) is 4.43. The van der Waals surface area contributed by atoms with E-state index in [0.29, 0.717) is 0 Å². The number of nitrogens with one attached hydrogen (secondary N) is 1. The first-order valence-electron chi connectivity index (χ1n) is 2.67. The van der Waals surface area contributed by atoms with E-state index in [1.807, 2.05) is 0 Å². The average molecular weight is 193 g/mol. The Bertz CT molecular complexity index is 368. The molecule has 0 amide bonds. The molecular formula is C5H5ClN2O2S. The molecule has 0 spiro atoms. The molecular weight excluding hydrogens is 188 g/mol. The first-order valence-corrected chi connectivity index (χ1v) is 4.98. The van der Waals surface area contributed by atoms with Gasteiger partial charge < -0.3 is 4.57 Å². The third-order valence-electron chi connectivity index (χ3n) is 1.12. The number of halogens is 1. The van der Waals surface area contributed by atoms with E-state index in [-0.39, 0.29) is 4.90 Å². The van der Waals surface area contributed by atoms with Crippen LogP contribution in [-0.2, 0) is 9.05 Å². The lowest BCUT2D eigenvalue weighted by molar-refractivity contribution is 0.609. The molecule has 1 aromatic heterocycles. The Balaban J connectivity index is 3.18. The van der Waals surface area contributed by atoms with Gasteiger partial charge in [0.2, 0.25) is 0 Å². The Kier molecular flexibility index (Phi) is 2.01. The van der Waals surface area contributed by atoms with Crippen LogP contribution in [0.25, 0.3) is 0 Å². The monoisotopic (exact) mass is 192 g/mol. The summed E-state index contributed by atoms with van der Waals surface area (Å²) >= 11 is 0. The highest BCUT2D eigenvalue weighted by Gasteiger charge is 2.09. The summed E-state index contributed by atoms with van der Waals surface area (Å²) in [7, 11) is 1.37. The maximum Gasteiger partial charge on any atom is 0.262 e. The zero-order valence-corrected chi connectivity index (χ0v) is 6.93. The van der Waals surface area contributed by atoms with Crippen LogP contribution in [0.2, 0.25) is 0 Å². The number of hydrogen-bond acceptors (Lipinski definition) is 3. The molecule has 0 radical (unpaired) electrons. The molecule has 0 aliphatic heterocycles. The minimum absolute atomic E-state index is 0.00247. The lowest BCUT2D eigenvalue weighted by Crippen LogP contribution is -1.90. The van der Waals surface area contributed by atoms with Crippen LogP contribution in [0, 0.1) is 5.41 Å². The SMILES string of the molecule is N=Cn1ccc(S(=O)(=O)Cl)c1. The lowest BCUT2D eigenvalue weighted by Gasteiger charge is -1.86. The largest absolute Gasteiger partial charge is 0.314 e. The average Bonchev–Trinajstić information content (AvgIpc) is 2.32. The normalized spacial score (nSPS) is 11.4. The molecule has 0 bridgehead atoms. The van der Waals surface area contributed by atoms with Crippen LogP contribution < -0.4 is 0 Å². The highest BCUT2D eigenvalue weighted by molar-refractivity contribution is 8.13. The van der Waals surface area contributed by atoms with Gasteiger partial charge in [0.1, 0.15) is 4.90 Å². The van der Waals surface area contributed by atoms with E-state index in [2.05, 4.69) is 0 Å². The maximum atomic E-state index is 10.6. The fraction of sp³-hybridized carbons (Fsp3) is 0. The molecule has 11 heavy (non-hydrogen) atoms. The van der Waals surface area contributed by atoms with Crippen LogP contribution >= 0.6 is 10.7 Å². The van der Waals surface area contributed by atoms with Crippen molar-refractivity contribution in [3.8, 4) is 0 Å². The van der Waals surface area contributed by atoms with E-state index >= 15 is 0 Å². The smallest absolute Gasteiger partial charge is 0.262 e.